The molecule has 1 aromatic carbocycles. The first-order valence-corrected chi connectivity index (χ1v) is 7.27. The average molecular weight is 260 g/mol. The Balaban J connectivity index is 2.08. The highest BCUT2D eigenvalue weighted by Crippen LogP contribution is 2.30. The first-order chi connectivity index (χ1) is 9.22. The molecule has 1 aliphatic carbocycles. The van der Waals surface area contributed by atoms with Gasteiger partial charge in [0.1, 0.15) is 0 Å². The van der Waals surface area contributed by atoms with Crippen molar-refractivity contribution in [2.45, 2.75) is 38.6 Å². The molecular formula is C16H24N2O. The standard InChI is InChI=1S/C16H24N2O/c1-13(15-8-3-2-4-9-15)18(16(19)10-11-17)12-14-6-5-7-14/h2-4,8-9,13-14H,5-7,10-12,17H2,1H3. The predicted octanol–water partition coefficient (Wildman–Crippen LogP) is 2.73. The molecule has 0 aromatic heterocycles. The Morgan fingerprint density at radius 3 is 2.58 bits per heavy atom. The van der Waals surface area contributed by atoms with Gasteiger partial charge in [0.2, 0.25) is 5.91 Å². The Labute approximate surface area is 115 Å². The molecule has 0 bridgehead atoms. The van der Waals surface area contributed by atoms with Crippen LogP contribution in [-0.2, 0) is 4.79 Å². The van der Waals surface area contributed by atoms with Gasteiger partial charge in [-0.1, -0.05) is 36.8 Å². The molecule has 2 rings (SSSR count). The normalized spacial score (nSPS) is 16.7. The third kappa shape index (κ3) is 3.57. The number of hydrogen-bond acceptors (Lipinski definition) is 2. The Kier molecular flexibility index (Phi) is 4.97. The fourth-order valence-corrected chi connectivity index (χ4v) is 2.61. The monoisotopic (exact) mass is 260 g/mol. The maximum absolute atomic E-state index is 12.3. The Hall–Kier alpha value is -1.35. The molecule has 1 aromatic rings. The van der Waals surface area contributed by atoms with Crippen LogP contribution in [0.4, 0.5) is 0 Å². The second kappa shape index (κ2) is 6.71. The largest absolute Gasteiger partial charge is 0.336 e. The number of nitrogens with two attached hydrogens (primary N) is 1. The molecular weight excluding hydrogens is 236 g/mol. The van der Waals surface area contributed by atoms with Crippen LogP contribution in [0.5, 0.6) is 0 Å². The highest BCUT2D eigenvalue weighted by Gasteiger charge is 2.27. The van der Waals surface area contributed by atoms with Gasteiger partial charge >= 0.3 is 0 Å². The molecule has 0 radical (unpaired) electrons. The molecule has 1 fully saturated rings. The lowest BCUT2D eigenvalue weighted by molar-refractivity contribution is -0.134. The van der Waals surface area contributed by atoms with E-state index in [0.29, 0.717) is 18.9 Å². The van der Waals surface area contributed by atoms with E-state index >= 15 is 0 Å². The minimum atomic E-state index is 0.140. The second-order valence-corrected chi connectivity index (χ2v) is 5.47. The molecule has 0 aliphatic heterocycles. The molecule has 0 spiro atoms. The van der Waals surface area contributed by atoms with E-state index in [9.17, 15) is 4.79 Å². The van der Waals surface area contributed by atoms with Crippen molar-refractivity contribution in [3.63, 3.8) is 0 Å². The number of hydrogen-bond donors (Lipinski definition) is 1. The van der Waals surface area contributed by atoms with Gasteiger partial charge in [0.25, 0.3) is 0 Å². The molecule has 2 N–H and O–H groups in total. The number of amides is 1. The lowest BCUT2D eigenvalue weighted by Gasteiger charge is -2.36. The summed E-state index contributed by atoms with van der Waals surface area (Å²) in [4.78, 5) is 14.3. The quantitative estimate of drug-likeness (QED) is 0.855. The summed E-state index contributed by atoms with van der Waals surface area (Å²) in [6, 6.07) is 10.4. The van der Waals surface area contributed by atoms with Crippen molar-refractivity contribution in [2.24, 2.45) is 11.7 Å². The van der Waals surface area contributed by atoms with Crippen molar-refractivity contribution in [1.29, 1.82) is 0 Å². The summed E-state index contributed by atoms with van der Waals surface area (Å²) in [6.07, 6.45) is 4.27. The molecule has 1 amide bonds. The van der Waals surface area contributed by atoms with Gasteiger partial charge in [-0.3, -0.25) is 4.79 Å². The van der Waals surface area contributed by atoms with Gasteiger partial charge in [-0.2, -0.15) is 0 Å². The number of nitrogens with zero attached hydrogens (tertiary/aromatic N) is 1. The molecule has 3 nitrogen and oxygen atoms in total. The fraction of sp³-hybridized carbons (Fsp3) is 0.562. The lowest BCUT2D eigenvalue weighted by atomic mass is 9.84. The summed E-state index contributed by atoms with van der Waals surface area (Å²) in [5, 5.41) is 0. The molecule has 3 heteroatoms. The van der Waals surface area contributed by atoms with E-state index in [2.05, 4.69) is 19.1 Å². The zero-order valence-corrected chi connectivity index (χ0v) is 11.7. The topological polar surface area (TPSA) is 46.3 Å². The van der Waals surface area contributed by atoms with Gasteiger partial charge in [0, 0.05) is 19.5 Å². The summed E-state index contributed by atoms with van der Waals surface area (Å²) in [6.45, 7) is 3.43. The Bertz CT molecular complexity index is 400. The van der Waals surface area contributed by atoms with Gasteiger partial charge in [0.05, 0.1) is 6.04 Å². The van der Waals surface area contributed by atoms with E-state index < -0.39 is 0 Å². The zero-order valence-electron chi connectivity index (χ0n) is 11.7. The summed E-state index contributed by atoms with van der Waals surface area (Å²) in [7, 11) is 0. The van der Waals surface area contributed by atoms with Crippen molar-refractivity contribution in [1.82, 2.24) is 4.90 Å². The van der Waals surface area contributed by atoms with Crippen LogP contribution in [0.1, 0.15) is 44.2 Å². The van der Waals surface area contributed by atoms with E-state index in [-0.39, 0.29) is 11.9 Å². The average Bonchev–Trinajstić information content (AvgIpc) is 2.38. The van der Waals surface area contributed by atoms with Crippen molar-refractivity contribution in [2.75, 3.05) is 13.1 Å². The molecule has 0 heterocycles. The van der Waals surface area contributed by atoms with Crippen molar-refractivity contribution in [3.05, 3.63) is 35.9 Å². The van der Waals surface area contributed by atoms with Gasteiger partial charge in [-0.05, 0) is 31.2 Å². The maximum atomic E-state index is 12.3. The van der Waals surface area contributed by atoms with Crippen molar-refractivity contribution < 1.29 is 4.79 Å². The minimum absolute atomic E-state index is 0.140. The van der Waals surface area contributed by atoms with Gasteiger partial charge in [-0.15, -0.1) is 0 Å². The van der Waals surface area contributed by atoms with E-state index in [1.165, 1.54) is 24.8 Å². The minimum Gasteiger partial charge on any atom is -0.336 e. The number of rotatable bonds is 6. The summed E-state index contributed by atoms with van der Waals surface area (Å²) in [5.74, 6) is 0.874. The molecule has 104 valence electrons. The third-order valence-corrected chi connectivity index (χ3v) is 4.11. The first-order valence-electron chi connectivity index (χ1n) is 7.27. The first kappa shape index (κ1) is 14.1. The smallest absolute Gasteiger partial charge is 0.224 e. The predicted molar refractivity (Wildman–Crippen MR) is 77.6 cm³/mol. The van der Waals surface area contributed by atoms with Gasteiger partial charge < -0.3 is 10.6 Å². The van der Waals surface area contributed by atoms with Crippen LogP contribution in [0.2, 0.25) is 0 Å². The third-order valence-electron chi connectivity index (χ3n) is 4.11. The van der Waals surface area contributed by atoms with E-state index in [1.807, 2.05) is 23.1 Å². The molecule has 1 unspecified atom stereocenters. The van der Waals surface area contributed by atoms with Crippen LogP contribution in [0.15, 0.2) is 30.3 Å². The number of carbonyl (C=O) groups excluding carboxylic acids is 1. The highest BCUT2D eigenvalue weighted by atomic mass is 16.2. The molecule has 1 atom stereocenters. The highest BCUT2D eigenvalue weighted by molar-refractivity contribution is 5.76. The van der Waals surface area contributed by atoms with Crippen LogP contribution in [0.25, 0.3) is 0 Å². The second-order valence-electron chi connectivity index (χ2n) is 5.47. The lowest BCUT2D eigenvalue weighted by Crippen LogP contribution is -2.39. The van der Waals surface area contributed by atoms with Crippen LogP contribution in [0, 0.1) is 5.92 Å². The van der Waals surface area contributed by atoms with Gasteiger partial charge in [0.15, 0.2) is 0 Å². The Morgan fingerprint density at radius 1 is 1.37 bits per heavy atom. The van der Waals surface area contributed by atoms with Crippen LogP contribution >= 0.6 is 0 Å². The maximum Gasteiger partial charge on any atom is 0.224 e. The summed E-state index contributed by atoms with van der Waals surface area (Å²) in [5.41, 5.74) is 6.74. The van der Waals surface area contributed by atoms with Crippen LogP contribution < -0.4 is 5.73 Å². The SMILES string of the molecule is CC(c1ccccc1)N(CC1CCC1)C(=O)CCN. The van der Waals surface area contributed by atoms with Crippen LogP contribution in [-0.4, -0.2) is 23.9 Å². The Morgan fingerprint density at radius 2 is 2.05 bits per heavy atom. The number of benzene rings is 1. The van der Waals surface area contributed by atoms with Crippen LogP contribution in [0.3, 0.4) is 0 Å². The summed E-state index contributed by atoms with van der Waals surface area (Å²) < 4.78 is 0. The number of carbonyl (C=O) groups is 1. The molecule has 1 aliphatic rings. The molecule has 0 saturated heterocycles. The van der Waals surface area contributed by atoms with E-state index in [4.69, 9.17) is 5.73 Å². The molecule has 1 saturated carbocycles. The van der Waals surface area contributed by atoms with Gasteiger partial charge in [-0.25, -0.2) is 0 Å². The zero-order chi connectivity index (χ0) is 13.7. The fourth-order valence-electron chi connectivity index (χ4n) is 2.61. The van der Waals surface area contributed by atoms with E-state index in [0.717, 1.165) is 6.54 Å². The van der Waals surface area contributed by atoms with E-state index in [1.54, 1.807) is 0 Å². The van der Waals surface area contributed by atoms with Crippen molar-refractivity contribution in [3.8, 4) is 0 Å². The molecule has 19 heavy (non-hydrogen) atoms. The van der Waals surface area contributed by atoms with Crippen molar-refractivity contribution >= 4 is 5.91 Å². The summed E-state index contributed by atoms with van der Waals surface area (Å²) >= 11 is 0.